The SMILES string of the molecule is C1=c2c(sc3ccccc23)=C(c2ccc3oc4ccccc4c3c2-c2nc(-c3ccccc3)nc(-c3ccc4c(ccc5ccccc54)c3)n2)CC1. The Hall–Kier alpha value is -6.43. The molecule has 7 aromatic carbocycles. The van der Waals surface area contributed by atoms with Crippen LogP contribution in [-0.4, -0.2) is 15.0 Å². The summed E-state index contributed by atoms with van der Waals surface area (Å²) in [5.74, 6) is 1.91. The Kier molecular flexibility index (Phi) is 6.51. The minimum absolute atomic E-state index is 0.638. The fourth-order valence-corrected chi connectivity index (χ4v) is 9.30. The second kappa shape index (κ2) is 11.6. The zero-order valence-electron chi connectivity index (χ0n) is 28.0. The van der Waals surface area contributed by atoms with Crippen molar-refractivity contribution in [1.82, 2.24) is 15.0 Å². The number of thiophene rings is 1. The molecule has 0 aliphatic heterocycles. The summed E-state index contributed by atoms with van der Waals surface area (Å²) in [7, 11) is 0. The van der Waals surface area contributed by atoms with Crippen LogP contribution < -0.4 is 9.75 Å². The van der Waals surface area contributed by atoms with Gasteiger partial charge >= 0.3 is 0 Å². The van der Waals surface area contributed by atoms with Crippen LogP contribution >= 0.6 is 11.3 Å². The topological polar surface area (TPSA) is 51.8 Å². The highest BCUT2D eigenvalue weighted by molar-refractivity contribution is 7.17. The molecule has 4 nitrogen and oxygen atoms in total. The Bertz CT molecular complexity index is 3190. The molecule has 3 aromatic heterocycles. The lowest BCUT2D eigenvalue weighted by Crippen LogP contribution is -2.25. The van der Waals surface area contributed by atoms with Crippen molar-refractivity contribution in [1.29, 1.82) is 0 Å². The summed E-state index contributed by atoms with van der Waals surface area (Å²) < 4.78 is 9.13. The number of nitrogens with zero attached hydrogens (tertiary/aromatic N) is 3. The smallest absolute Gasteiger partial charge is 0.165 e. The molecular formula is C47H29N3OS. The summed E-state index contributed by atoms with van der Waals surface area (Å²) in [4.78, 5) is 15.8. The minimum Gasteiger partial charge on any atom is -0.456 e. The second-order valence-electron chi connectivity index (χ2n) is 13.4. The molecular weight excluding hydrogens is 655 g/mol. The van der Waals surface area contributed by atoms with Crippen molar-refractivity contribution in [3.8, 4) is 34.2 Å². The highest BCUT2D eigenvalue weighted by Gasteiger charge is 2.24. The molecule has 1 aliphatic carbocycles. The molecule has 0 spiro atoms. The summed E-state index contributed by atoms with van der Waals surface area (Å²) in [5.41, 5.74) is 7.00. The van der Waals surface area contributed by atoms with Gasteiger partial charge in [0, 0.05) is 36.7 Å². The van der Waals surface area contributed by atoms with Gasteiger partial charge in [-0.15, -0.1) is 11.3 Å². The summed E-state index contributed by atoms with van der Waals surface area (Å²) in [6.07, 6.45) is 4.30. The summed E-state index contributed by atoms with van der Waals surface area (Å²) in [6, 6.07) is 51.1. The summed E-state index contributed by atoms with van der Waals surface area (Å²) in [5, 5.41) is 9.54. The maximum absolute atomic E-state index is 6.50. The van der Waals surface area contributed by atoms with Crippen LogP contribution in [0.5, 0.6) is 0 Å². The van der Waals surface area contributed by atoms with Crippen LogP contribution in [0, 0.1) is 0 Å². The Morgan fingerprint density at radius 3 is 2.13 bits per heavy atom. The Balaban J connectivity index is 1.23. The van der Waals surface area contributed by atoms with Crippen LogP contribution in [0.25, 0.3) is 99.4 Å². The molecule has 11 rings (SSSR count). The molecule has 1 aliphatic rings. The van der Waals surface area contributed by atoms with E-state index in [-0.39, 0.29) is 0 Å². The fourth-order valence-electron chi connectivity index (χ4n) is 8.01. The molecule has 0 amide bonds. The monoisotopic (exact) mass is 683 g/mol. The average Bonchev–Trinajstić information content (AvgIpc) is 3.79. The van der Waals surface area contributed by atoms with Gasteiger partial charge in [0.25, 0.3) is 0 Å². The molecule has 0 unspecified atom stereocenters. The van der Waals surface area contributed by atoms with Gasteiger partial charge in [-0.1, -0.05) is 127 Å². The van der Waals surface area contributed by atoms with Gasteiger partial charge in [0.05, 0.1) is 0 Å². The first-order chi connectivity index (χ1) is 25.8. The normalized spacial score (nSPS) is 13.0. The number of furan rings is 1. The lowest BCUT2D eigenvalue weighted by molar-refractivity contribution is 0.669. The number of benzene rings is 7. The van der Waals surface area contributed by atoms with Gasteiger partial charge in [0.15, 0.2) is 17.5 Å². The van der Waals surface area contributed by atoms with E-state index in [1.54, 1.807) is 0 Å². The molecule has 52 heavy (non-hydrogen) atoms. The van der Waals surface area contributed by atoms with E-state index in [1.165, 1.54) is 41.6 Å². The van der Waals surface area contributed by atoms with Gasteiger partial charge in [-0.05, 0) is 80.4 Å². The molecule has 0 radical (unpaired) electrons. The number of hydrogen-bond acceptors (Lipinski definition) is 5. The van der Waals surface area contributed by atoms with E-state index in [4.69, 9.17) is 19.4 Å². The zero-order valence-corrected chi connectivity index (χ0v) is 28.8. The minimum atomic E-state index is 0.638. The van der Waals surface area contributed by atoms with Gasteiger partial charge in [-0.25, -0.2) is 15.0 Å². The van der Waals surface area contributed by atoms with Crippen molar-refractivity contribution in [3.63, 3.8) is 0 Å². The summed E-state index contributed by atoms with van der Waals surface area (Å²) >= 11 is 1.87. The van der Waals surface area contributed by atoms with Crippen LogP contribution in [0.15, 0.2) is 150 Å². The van der Waals surface area contributed by atoms with Gasteiger partial charge in [-0.3, -0.25) is 0 Å². The van der Waals surface area contributed by atoms with Crippen LogP contribution in [0.4, 0.5) is 0 Å². The standard InChI is InChI=1S/C47H29N3OS/c1-2-12-29(13-3-1)45-48-46(31-23-24-33-30(27-31)22-21-28-11-4-5-14-32(28)33)50-47(49-45)43-35(25-26-40-42(43)38-16-6-8-19-39(38)51-40)37-18-10-17-36-34-15-7-9-20-41(34)52-44(36)37/h1-9,11-17,19-27H,10,18H2. The maximum Gasteiger partial charge on any atom is 0.165 e. The van der Waals surface area contributed by atoms with E-state index in [9.17, 15) is 0 Å². The van der Waals surface area contributed by atoms with Gasteiger partial charge in [0.1, 0.15) is 11.2 Å². The predicted octanol–water partition coefficient (Wildman–Crippen LogP) is 11.1. The highest BCUT2D eigenvalue weighted by atomic mass is 32.1. The Labute approximate surface area is 302 Å². The number of rotatable bonds is 4. The predicted molar refractivity (Wildman–Crippen MR) is 216 cm³/mol. The van der Waals surface area contributed by atoms with E-state index in [0.717, 1.165) is 62.4 Å². The van der Waals surface area contributed by atoms with Crippen molar-refractivity contribution in [2.75, 3.05) is 0 Å². The number of hydrogen-bond donors (Lipinski definition) is 0. The van der Waals surface area contributed by atoms with Gasteiger partial charge in [0.2, 0.25) is 0 Å². The first kappa shape index (κ1) is 29.3. The number of para-hydroxylation sites is 1. The third kappa shape index (κ3) is 4.56. The van der Waals surface area contributed by atoms with Gasteiger partial charge in [-0.2, -0.15) is 0 Å². The summed E-state index contributed by atoms with van der Waals surface area (Å²) in [6.45, 7) is 0. The van der Waals surface area contributed by atoms with E-state index in [0.29, 0.717) is 17.5 Å². The molecule has 0 saturated carbocycles. The lowest BCUT2D eigenvalue weighted by atomic mass is 9.90. The van der Waals surface area contributed by atoms with Crippen LogP contribution in [0.1, 0.15) is 18.4 Å². The number of aromatic nitrogens is 3. The first-order valence-electron chi connectivity index (χ1n) is 17.7. The van der Waals surface area contributed by atoms with Crippen LogP contribution in [-0.2, 0) is 0 Å². The van der Waals surface area contributed by atoms with E-state index < -0.39 is 0 Å². The highest BCUT2D eigenvalue weighted by Crippen LogP contribution is 2.42. The maximum atomic E-state index is 6.50. The Morgan fingerprint density at radius 2 is 1.23 bits per heavy atom. The molecule has 10 aromatic rings. The molecule has 0 fully saturated rings. The largest absolute Gasteiger partial charge is 0.456 e. The van der Waals surface area contributed by atoms with Crippen LogP contribution in [0.3, 0.4) is 0 Å². The third-order valence-electron chi connectivity index (χ3n) is 10.4. The third-order valence-corrected chi connectivity index (χ3v) is 11.7. The molecule has 0 N–H and O–H groups in total. The van der Waals surface area contributed by atoms with Crippen molar-refractivity contribution >= 4 is 76.6 Å². The Morgan fingerprint density at radius 1 is 0.519 bits per heavy atom. The van der Waals surface area contributed by atoms with Crippen molar-refractivity contribution in [3.05, 3.63) is 161 Å². The number of fused-ring (bicyclic) bond motifs is 9. The quantitative estimate of drug-likeness (QED) is 0.173. The van der Waals surface area contributed by atoms with Crippen molar-refractivity contribution in [2.45, 2.75) is 12.8 Å². The average molecular weight is 684 g/mol. The molecule has 0 bridgehead atoms. The fraction of sp³-hybridized carbons (Fsp3) is 0.0426. The second-order valence-corrected chi connectivity index (χ2v) is 14.5. The van der Waals surface area contributed by atoms with E-state index >= 15 is 0 Å². The molecule has 3 heterocycles. The van der Waals surface area contributed by atoms with E-state index in [1.807, 2.05) is 41.7 Å². The van der Waals surface area contributed by atoms with Crippen molar-refractivity contribution in [2.24, 2.45) is 0 Å². The first-order valence-corrected chi connectivity index (χ1v) is 18.5. The molecule has 244 valence electrons. The molecule has 0 atom stereocenters. The van der Waals surface area contributed by atoms with E-state index in [2.05, 4.69) is 121 Å². The van der Waals surface area contributed by atoms with Crippen LogP contribution in [0.2, 0.25) is 0 Å². The van der Waals surface area contributed by atoms with Gasteiger partial charge < -0.3 is 4.42 Å². The molecule has 0 saturated heterocycles. The van der Waals surface area contributed by atoms with Crippen molar-refractivity contribution < 1.29 is 4.42 Å². The zero-order chi connectivity index (χ0) is 34.2. The lowest BCUT2D eigenvalue weighted by Gasteiger charge is -2.16. The molecule has 5 heteroatoms.